The van der Waals surface area contributed by atoms with E-state index in [2.05, 4.69) is 0 Å². The van der Waals surface area contributed by atoms with Crippen molar-refractivity contribution in [1.29, 1.82) is 0 Å². The van der Waals surface area contributed by atoms with Gasteiger partial charge in [-0.25, -0.2) is 0 Å². The standard InChI is InChI=1S/C25H29NO4/c1-28-23-15-9-18(16-24(23)29-2)8-14-22(26)25(27)20-10-12-21(13-11-20)30-17-19-6-4-3-5-7-19/h3-7,9-13,15-16,22,25,27H,8,14,17,26H2,1-2H3. The monoisotopic (exact) mass is 407 g/mol. The van der Waals surface area contributed by atoms with Crippen molar-refractivity contribution in [1.82, 2.24) is 0 Å². The van der Waals surface area contributed by atoms with Crippen molar-refractivity contribution in [3.05, 3.63) is 89.5 Å². The minimum Gasteiger partial charge on any atom is -0.493 e. The summed E-state index contributed by atoms with van der Waals surface area (Å²) in [6.45, 7) is 0.508. The molecule has 0 saturated carbocycles. The first kappa shape index (κ1) is 21.7. The van der Waals surface area contributed by atoms with E-state index in [9.17, 15) is 5.11 Å². The Morgan fingerprint density at radius 1 is 0.833 bits per heavy atom. The number of nitrogens with two attached hydrogens (primary N) is 1. The average Bonchev–Trinajstić information content (AvgIpc) is 2.81. The van der Waals surface area contributed by atoms with E-state index in [0.717, 1.165) is 28.9 Å². The van der Waals surface area contributed by atoms with Gasteiger partial charge in [-0.3, -0.25) is 0 Å². The molecule has 2 unspecified atom stereocenters. The van der Waals surface area contributed by atoms with E-state index in [-0.39, 0.29) is 6.04 Å². The lowest BCUT2D eigenvalue weighted by atomic mass is 9.97. The SMILES string of the molecule is COc1ccc(CCC(N)C(O)c2ccc(OCc3ccccc3)cc2)cc1OC. The molecule has 3 rings (SSSR count). The smallest absolute Gasteiger partial charge is 0.160 e. The van der Waals surface area contributed by atoms with E-state index in [1.807, 2.05) is 72.8 Å². The van der Waals surface area contributed by atoms with E-state index < -0.39 is 6.10 Å². The first-order valence-electron chi connectivity index (χ1n) is 10.0. The molecule has 2 atom stereocenters. The quantitative estimate of drug-likeness (QED) is 0.525. The molecule has 0 aliphatic carbocycles. The molecule has 3 N–H and O–H groups in total. The molecule has 0 amide bonds. The third-order valence-corrected chi connectivity index (χ3v) is 5.09. The first-order valence-corrected chi connectivity index (χ1v) is 10.0. The summed E-state index contributed by atoms with van der Waals surface area (Å²) in [7, 11) is 3.23. The fourth-order valence-electron chi connectivity index (χ4n) is 3.28. The van der Waals surface area contributed by atoms with Crippen LogP contribution in [-0.2, 0) is 13.0 Å². The molecule has 30 heavy (non-hydrogen) atoms. The topological polar surface area (TPSA) is 73.9 Å². The molecule has 158 valence electrons. The Kier molecular flexibility index (Phi) is 7.71. The summed E-state index contributed by atoms with van der Waals surface area (Å²) < 4.78 is 16.4. The van der Waals surface area contributed by atoms with E-state index in [1.54, 1.807) is 14.2 Å². The van der Waals surface area contributed by atoms with Crippen LogP contribution in [0, 0.1) is 0 Å². The normalized spacial score (nSPS) is 12.8. The van der Waals surface area contributed by atoms with Gasteiger partial charge < -0.3 is 25.1 Å². The van der Waals surface area contributed by atoms with Crippen LogP contribution in [-0.4, -0.2) is 25.4 Å². The summed E-state index contributed by atoms with van der Waals surface area (Å²) in [6, 6.07) is 22.9. The number of benzene rings is 3. The van der Waals surface area contributed by atoms with Gasteiger partial charge in [0.25, 0.3) is 0 Å². The van der Waals surface area contributed by atoms with Gasteiger partial charge in [0.05, 0.1) is 20.3 Å². The van der Waals surface area contributed by atoms with Crippen LogP contribution < -0.4 is 19.9 Å². The number of ether oxygens (including phenoxy) is 3. The lowest BCUT2D eigenvalue weighted by Crippen LogP contribution is -2.28. The van der Waals surface area contributed by atoms with Gasteiger partial charge in [-0.05, 0) is 53.8 Å². The highest BCUT2D eigenvalue weighted by Crippen LogP contribution is 2.29. The lowest BCUT2D eigenvalue weighted by Gasteiger charge is -2.20. The second kappa shape index (κ2) is 10.7. The summed E-state index contributed by atoms with van der Waals surface area (Å²) in [5, 5.41) is 10.6. The van der Waals surface area contributed by atoms with E-state index >= 15 is 0 Å². The van der Waals surface area contributed by atoms with Gasteiger partial charge in [0.2, 0.25) is 0 Å². The molecule has 0 spiro atoms. The predicted octanol–water partition coefficient (Wildman–Crippen LogP) is 4.28. The Bertz CT molecular complexity index is 912. The second-order valence-corrected chi connectivity index (χ2v) is 7.18. The van der Waals surface area contributed by atoms with Crippen LogP contribution >= 0.6 is 0 Å². The number of hydrogen-bond donors (Lipinski definition) is 2. The minimum absolute atomic E-state index is 0.380. The van der Waals surface area contributed by atoms with Gasteiger partial charge >= 0.3 is 0 Å². The largest absolute Gasteiger partial charge is 0.493 e. The van der Waals surface area contributed by atoms with Crippen LogP contribution in [0.4, 0.5) is 0 Å². The number of aryl methyl sites for hydroxylation is 1. The molecule has 0 aliphatic rings. The average molecular weight is 408 g/mol. The van der Waals surface area contributed by atoms with E-state index in [1.165, 1.54) is 0 Å². The molecule has 0 radical (unpaired) electrons. The highest BCUT2D eigenvalue weighted by molar-refractivity contribution is 5.43. The Hall–Kier alpha value is -3.02. The maximum Gasteiger partial charge on any atom is 0.160 e. The zero-order chi connectivity index (χ0) is 21.3. The number of aliphatic hydroxyl groups excluding tert-OH is 1. The highest BCUT2D eigenvalue weighted by Gasteiger charge is 2.17. The predicted molar refractivity (Wildman–Crippen MR) is 118 cm³/mol. The molecule has 0 saturated heterocycles. The summed E-state index contributed by atoms with van der Waals surface area (Å²) in [4.78, 5) is 0. The molecule has 0 bridgehead atoms. The first-order chi connectivity index (χ1) is 14.6. The summed E-state index contributed by atoms with van der Waals surface area (Å²) >= 11 is 0. The van der Waals surface area contributed by atoms with Gasteiger partial charge in [-0.1, -0.05) is 48.5 Å². The molecule has 5 nitrogen and oxygen atoms in total. The fraction of sp³-hybridized carbons (Fsp3) is 0.280. The van der Waals surface area contributed by atoms with Gasteiger partial charge in [-0.15, -0.1) is 0 Å². The Morgan fingerprint density at radius 3 is 2.20 bits per heavy atom. The van der Waals surface area contributed by atoms with Crippen molar-refractivity contribution >= 4 is 0 Å². The van der Waals surface area contributed by atoms with E-state index in [0.29, 0.717) is 24.5 Å². The van der Waals surface area contributed by atoms with Crippen LogP contribution in [0.3, 0.4) is 0 Å². The highest BCUT2D eigenvalue weighted by atomic mass is 16.5. The number of rotatable bonds is 10. The molecule has 0 heterocycles. The molecular weight excluding hydrogens is 378 g/mol. The van der Waals surface area contributed by atoms with Gasteiger partial charge in [0.15, 0.2) is 11.5 Å². The molecule has 0 aliphatic heterocycles. The van der Waals surface area contributed by atoms with Crippen LogP contribution in [0.5, 0.6) is 17.2 Å². The van der Waals surface area contributed by atoms with Crippen LogP contribution in [0.2, 0.25) is 0 Å². The summed E-state index contributed by atoms with van der Waals surface area (Å²) in [5.41, 5.74) is 9.23. The fourth-order valence-corrected chi connectivity index (χ4v) is 3.28. The molecule has 3 aromatic rings. The molecule has 0 aromatic heterocycles. The van der Waals surface area contributed by atoms with Crippen molar-refractivity contribution in [2.24, 2.45) is 5.73 Å². The lowest BCUT2D eigenvalue weighted by molar-refractivity contribution is 0.142. The maximum absolute atomic E-state index is 10.6. The van der Waals surface area contributed by atoms with Crippen molar-refractivity contribution in [2.45, 2.75) is 31.6 Å². The third-order valence-electron chi connectivity index (χ3n) is 5.09. The van der Waals surface area contributed by atoms with E-state index in [4.69, 9.17) is 19.9 Å². The molecule has 5 heteroatoms. The zero-order valence-corrected chi connectivity index (χ0v) is 17.5. The molecule has 0 fully saturated rings. The van der Waals surface area contributed by atoms with Crippen molar-refractivity contribution in [3.63, 3.8) is 0 Å². The Labute approximate surface area is 178 Å². The van der Waals surface area contributed by atoms with Crippen molar-refractivity contribution < 1.29 is 19.3 Å². The number of hydrogen-bond acceptors (Lipinski definition) is 5. The summed E-state index contributed by atoms with van der Waals surface area (Å²) in [5.74, 6) is 2.14. The summed E-state index contributed by atoms with van der Waals surface area (Å²) in [6.07, 6.45) is 0.632. The molecular formula is C25H29NO4. The van der Waals surface area contributed by atoms with Gasteiger partial charge in [0.1, 0.15) is 12.4 Å². The van der Waals surface area contributed by atoms with Gasteiger partial charge in [-0.2, -0.15) is 0 Å². The Balaban J connectivity index is 1.53. The maximum atomic E-state index is 10.6. The third kappa shape index (κ3) is 5.75. The number of methoxy groups -OCH3 is 2. The van der Waals surface area contributed by atoms with Crippen LogP contribution in [0.25, 0.3) is 0 Å². The second-order valence-electron chi connectivity index (χ2n) is 7.18. The number of aliphatic hydroxyl groups is 1. The van der Waals surface area contributed by atoms with Crippen LogP contribution in [0.1, 0.15) is 29.2 Å². The zero-order valence-electron chi connectivity index (χ0n) is 17.5. The minimum atomic E-state index is -0.742. The van der Waals surface area contributed by atoms with Gasteiger partial charge in [0, 0.05) is 6.04 Å². The molecule has 3 aromatic carbocycles. The van der Waals surface area contributed by atoms with Crippen molar-refractivity contribution in [2.75, 3.05) is 14.2 Å². The van der Waals surface area contributed by atoms with Crippen molar-refractivity contribution in [3.8, 4) is 17.2 Å². The van der Waals surface area contributed by atoms with Crippen LogP contribution in [0.15, 0.2) is 72.8 Å². The Morgan fingerprint density at radius 2 is 1.53 bits per heavy atom.